The topological polar surface area (TPSA) is 49.3 Å². The van der Waals surface area contributed by atoms with Crippen LogP contribution in [0.15, 0.2) is 292 Å². The van der Waals surface area contributed by atoms with Gasteiger partial charge in [0.05, 0.1) is 22.1 Å². The lowest BCUT2D eigenvalue weighted by molar-refractivity contribution is 0.669. The van der Waals surface area contributed by atoms with Gasteiger partial charge in [-0.3, -0.25) is 0 Å². The number of hydrogen-bond donors (Lipinski definition) is 0. The average Bonchev–Trinajstić information content (AvgIpc) is 2.64. The molecular weight excluding hydrogens is 1010 g/mol. The molecule has 5 heteroatoms. The van der Waals surface area contributed by atoms with Crippen molar-refractivity contribution < 1.29 is 13.3 Å². The van der Waals surface area contributed by atoms with Gasteiger partial charge in [0.1, 0.15) is 27.9 Å². The molecule has 0 fully saturated rings. The molecule has 0 aliphatic rings. The zero-order valence-corrected chi connectivity index (χ0v) is 44.7. The molecule has 0 atom stereocenters. The van der Waals surface area contributed by atoms with Crippen LogP contribution in [0.25, 0.3) is 176 Å². The second-order valence-corrected chi connectivity index (χ2v) is 21.9. The second-order valence-electron chi connectivity index (χ2n) is 21.9. The molecular formula is C78H46N2O3. The summed E-state index contributed by atoms with van der Waals surface area (Å²) in [5, 5.41) is 11.3. The van der Waals surface area contributed by atoms with Crippen LogP contribution < -0.4 is 0 Å². The van der Waals surface area contributed by atoms with Crippen LogP contribution in [0.2, 0.25) is 0 Å². The Labute approximate surface area is 475 Å². The number of rotatable bonds is 7. The summed E-state index contributed by atoms with van der Waals surface area (Å²) in [6.45, 7) is 0. The van der Waals surface area contributed by atoms with Crippen LogP contribution in [-0.4, -0.2) is 9.13 Å². The SMILES string of the molecule is c1ccc2c(c1)oc1ccc(-c3ccc(-c4ccc(-n5c6ccccc6c6c(-c7ccc(-c8ccc(-c9ccc(-n%10c%11ccccc%11c%11ccccc%11%10)cc9)cc8)c8c7oc7ccccc78)cc7c8ccccc8oc7c65)cc4)cc3)cc12. The molecule has 0 saturated carbocycles. The second kappa shape index (κ2) is 17.7. The van der Waals surface area contributed by atoms with E-state index in [4.69, 9.17) is 13.3 Å². The van der Waals surface area contributed by atoms with Crippen molar-refractivity contribution in [2.24, 2.45) is 0 Å². The first kappa shape index (κ1) is 45.7. The summed E-state index contributed by atoms with van der Waals surface area (Å²) in [6, 6.07) is 100. The molecule has 0 N–H and O–H groups in total. The Hall–Kier alpha value is -11.1. The van der Waals surface area contributed by atoms with Gasteiger partial charge in [-0.1, -0.05) is 194 Å². The van der Waals surface area contributed by atoms with Crippen LogP contribution in [0.5, 0.6) is 0 Å². The van der Waals surface area contributed by atoms with Gasteiger partial charge in [0.15, 0.2) is 5.58 Å². The number of nitrogens with zero attached hydrogens (tertiary/aromatic N) is 2. The van der Waals surface area contributed by atoms with E-state index >= 15 is 0 Å². The molecule has 0 amide bonds. The Kier molecular flexibility index (Phi) is 9.73. The molecule has 0 unspecified atom stereocenters. The maximum Gasteiger partial charge on any atom is 0.160 e. The fraction of sp³-hybridized carbons (Fsp3) is 0. The van der Waals surface area contributed by atoms with Crippen molar-refractivity contribution in [2.45, 2.75) is 0 Å². The Morgan fingerprint density at radius 3 is 1.24 bits per heavy atom. The predicted octanol–water partition coefficient (Wildman–Crippen LogP) is 21.9. The van der Waals surface area contributed by atoms with Gasteiger partial charge in [-0.25, -0.2) is 0 Å². The van der Waals surface area contributed by atoms with Gasteiger partial charge >= 0.3 is 0 Å². The van der Waals surface area contributed by atoms with Crippen molar-refractivity contribution in [2.75, 3.05) is 0 Å². The number of benzene rings is 13. The standard InChI is InChI=1S/C78H46N2O3/c1-7-19-67-57(13-1)58-14-2-8-20-68(58)79(67)54-38-33-49(34-39-54)48-29-31-52(32-30-48)56-42-43-61(77-75(56)63-18-6-12-24-72(63)82-77)65-46-66-60-16-5-11-23-71(60)83-78(66)76-74(65)62-17-3-9-21-69(62)80(76)55-40-35-50(36-41-55)47-25-27-51(28-26-47)53-37-44-73-64(45-53)59-15-4-10-22-70(59)81-73/h1-46H. The van der Waals surface area contributed by atoms with Crippen molar-refractivity contribution in [1.29, 1.82) is 0 Å². The van der Waals surface area contributed by atoms with E-state index in [-0.39, 0.29) is 0 Å². The van der Waals surface area contributed by atoms with Crippen molar-refractivity contribution >= 4 is 109 Å². The minimum atomic E-state index is 0.848. The summed E-state index contributed by atoms with van der Waals surface area (Å²) in [5.41, 5.74) is 23.2. The Morgan fingerprint density at radius 2 is 0.627 bits per heavy atom. The molecule has 0 aliphatic heterocycles. The molecule has 0 radical (unpaired) electrons. The zero-order chi connectivity index (χ0) is 54.3. The van der Waals surface area contributed by atoms with Crippen LogP contribution in [0.3, 0.4) is 0 Å². The van der Waals surface area contributed by atoms with E-state index in [1.54, 1.807) is 0 Å². The highest BCUT2D eigenvalue weighted by Gasteiger charge is 2.26. The number of furan rings is 3. The molecule has 5 nitrogen and oxygen atoms in total. The van der Waals surface area contributed by atoms with Crippen LogP contribution in [0, 0.1) is 0 Å². The third kappa shape index (κ3) is 6.89. The highest BCUT2D eigenvalue weighted by Crippen LogP contribution is 2.49. The van der Waals surface area contributed by atoms with E-state index in [9.17, 15) is 0 Å². The Morgan fingerprint density at radius 1 is 0.217 bits per heavy atom. The third-order valence-electron chi connectivity index (χ3n) is 17.4. The quantitative estimate of drug-likeness (QED) is 0.160. The summed E-state index contributed by atoms with van der Waals surface area (Å²) >= 11 is 0. The first-order valence-electron chi connectivity index (χ1n) is 28.3. The summed E-state index contributed by atoms with van der Waals surface area (Å²) in [4.78, 5) is 0. The first-order chi connectivity index (χ1) is 41.1. The molecule has 83 heavy (non-hydrogen) atoms. The van der Waals surface area contributed by atoms with Gasteiger partial charge in [-0.15, -0.1) is 0 Å². The summed E-state index contributed by atoms with van der Waals surface area (Å²) < 4.78 is 25.0. The number of para-hydroxylation sites is 6. The molecule has 386 valence electrons. The third-order valence-corrected chi connectivity index (χ3v) is 17.4. The van der Waals surface area contributed by atoms with Gasteiger partial charge in [0, 0.05) is 70.8 Å². The van der Waals surface area contributed by atoms with Gasteiger partial charge < -0.3 is 22.4 Å². The van der Waals surface area contributed by atoms with E-state index in [2.05, 4.69) is 276 Å². The molecule has 13 aromatic carbocycles. The average molecular weight is 1060 g/mol. The highest BCUT2D eigenvalue weighted by molar-refractivity contribution is 6.28. The molecule has 5 heterocycles. The highest BCUT2D eigenvalue weighted by atomic mass is 16.3. The summed E-state index contributed by atoms with van der Waals surface area (Å²) in [6.07, 6.45) is 0. The molecule has 0 aliphatic carbocycles. The van der Waals surface area contributed by atoms with Gasteiger partial charge in [-0.2, -0.15) is 0 Å². The monoisotopic (exact) mass is 1060 g/mol. The fourth-order valence-electron chi connectivity index (χ4n) is 13.5. The van der Waals surface area contributed by atoms with Crippen LogP contribution in [0.1, 0.15) is 0 Å². The molecule has 0 bridgehead atoms. The number of hydrogen-bond acceptors (Lipinski definition) is 3. The van der Waals surface area contributed by atoms with Crippen molar-refractivity contribution in [3.63, 3.8) is 0 Å². The largest absolute Gasteiger partial charge is 0.456 e. The maximum absolute atomic E-state index is 7.10. The van der Waals surface area contributed by atoms with E-state index in [0.29, 0.717) is 0 Å². The number of fused-ring (bicyclic) bond motifs is 16. The zero-order valence-electron chi connectivity index (χ0n) is 44.7. The summed E-state index contributed by atoms with van der Waals surface area (Å²) in [5.74, 6) is 0. The molecule has 18 aromatic rings. The number of aromatic nitrogens is 2. The van der Waals surface area contributed by atoms with Crippen molar-refractivity contribution in [3.05, 3.63) is 279 Å². The lowest BCUT2D eigenvalue weighted by Gasteiger charge is -2.13. The Balaban J connectivity index is 0.749. The lowest BCUT2D eigenvalue weighted by atomic mass is 9.91. The molecule has 0 saturated heterocycles. The van der Waals surface area contributed by atoms with Gasteiger partial charge in [0.2, 0.25) is 0 Å². The van der Waals surface area contributed by atoms with E-state index in [1.165, 1.54) is 21.8 Å². The van der Waals surface area contributed by atoms with Crippen LogP contribution in [0.4, 0.5) is 0 Å². The molecule has 0 spiro atoms. The predicted molar refractivity (Wildman–Crippen MR) is 344 cm³/mol. The van der Waals surface area contributed by atoms with Crippen LogP contribution in [-0.2, 0) is 0 Å². The smallest absolute Gasteiger partial charge is 0.160 e. The maximum atomic E-state index is 7.10. The first-order valence-corrected chi connectivity index (χ1v) is 28.3. The van der Waals surface area contributed by atoms with Gasteiger partial charge in [-0.05, 0) is 135 Å². The molecule has 5 aromatic heterocycles. The fourth-order valence-corrected chi connectivity index (χ4v) is 13.5. The van der Waals surface area contributed by atoms with E-state index in [0.717, 1.165) is 155 Å². The molecule has 18 rings (SSSR count). The minimum Gasteiger partial charge on any atom is -0.456 e. The Bertz CT molecular complexity index is 5600. The summed E-state index contributed by atoms with van der Waals surface area (Å²) in [7, 11) is 0. The lowest BCUT2D eigenvalue weighted by Crippen LogP contribution is -1.94. The van der Waals surface area contributed by atoms with Crippen LogP contribution >= 0.6 is 0 Å². The van der Waals surface area contributed by atoms with Crippen molar-refractivity contribution in [1.82, 2.24) is 9.13 Å². The normalized spacial score (nSPS) is 12.1. The van der Waals surface area contributed by atoms with Gasteiger partial charge in [0.25, 0.3) is 0 Å². The minimum absolute atomic E-state index is 0.848. The van der Waals surface area contributed by atoms with Crippen molar-refractivity contribution in [3.8, 4) is 67.0 Å². The van der Waals surface area contributed by atoms with E-state index in [1.807, 2.05) is 12.1 Å². The van der Waals surface area contributed by atoms with E-state index < -0.39 is 0 Å².